The molecule has 0 aromatic carbocycles. The van der Waals surface area contributed by atoms with Gasteiger partial charge in [0.25, 0.3) is 0 Å². The Morgan fingerprint density at radius 1 is 1.83 bits per heavy atom. The molecule has 2 radical (unpaired) electrons. The van der Waals surface area contributed by atoms with Gasteiger partial charge in [0.15, 0.2) is 0 Å². The summed E-state index contributed by atoms with van der Waals surface area (Å²) in [5.41, 5.74) is 0. The van der Waals surface area contributed by atoms with Crippen molar-refractivity contribution in [3.63, 3.8) is 0 Å². The molecule has 0 N–H and O–H groups in total. The van der Waals surface area contributed by atoms with Crippen LogP contribution in [0.2, 0.25) is 0 Å². The standard InChI is InChI=1S/C5H4S/c1-5-3-2-4-6-5/h2-3H,1H2. The van der Waals surface area contributed by atoms with Crippen molar-refractivity contribution in [1.82, 2.24) is 0 Å². The smallest absolute Gasteiger partial charge is 0.0445 e. The molecule has 0 aliphatic carbocycles. The van der Waals surface area contributed by atoms with Gasteiger partial charge in [-0.15, -0.1) is 11.3 Å². The van der Waals surface area contributed by atoms with Crippen LogP contribution in [0.15, 0.2) is 12.1 Å². The maximum Gasteiger partial charge on any atom is 0.0445 e. The van der Waals surface area contributed by atoms with E-state index in [2.05, 4.69) is 12.3 Å². The van der Waals surface area contributed by atoms with E-state index < -0.39 is 0 Å². The molecule has 0 aliphatic rings. The van der Waals surface area contributed by atoms with Crippen LogP contribution in [0.3, 0.4) is 0 Å². The molecule has 30 valence electrons. The summed E-state index contributed by atoms with van der Waals surface area (Å²) in [6.45, 7) is 3.67. The van der Waals surface area contributed by atoms with Gasteiger partial charge in [-0.3, -0.25) is 0 Å². The molecule has 6 heavy (non-hydrogen) atoms. The average molecular weight is 96.2 g/mol. The molecule has 0 bridgehead atoms. The van der Waals surface area contributed by atoms with Gasteiger partial charge >= 0.3 is 0 Å². The Morgan fingerprint density at radius 3 is 2.83 bits per heavy atom. The highest BCUT2D eigenvalue weighted by molar-refractivity contribution is 7.09. The van der Waals surface area contributed by atoms with Crippen molar-refractivity contribution in [2.45, 2.75) is 0 Å². The van der Waals surface area contributed by atoms with Crippen LogP contribution < -0.4 is 0 Å². The zero-order chi connectivity index (χ0) is 4.41. The summed E-state index contributed by atoms with van der Waals surface area (Å²) >= 11 is 1.54. The molecule has 0 saturated heterocycles. The van der Waals surface area contributed by atoms with Crippen molar-refractivity contribution >= 4 is 11.3 Å². The van der Waals surface area contributed by atoms with E-state index in [0.29, 0.717) is 0 Å². The lowest BCUT2D eigenvalue weighted by Gasteiger charge is -1.65. The summed E-state index contributed by atoms with van der Waals surface area (Å²) in [5.74, 6) is 0. The molecule has 0 unspecified atom stereocenters. The maximum atomic E-state index is 3.67. The highest BCUT2D eigenvalue weighted by atomic mass is 32.1. The molecule has 1 heteroatoms. The lowest BCUT2D eigenvalue weighted by Crippen LogP contribution is -1.43. The lowest BCUT2D eigenvalue weighted by atomic mass is 10.5. The second-order valence-corrected chi connectivity index (χ2v) is 1.98. The normalized spacial score (nSPS) is 8.83. The van der Waals surface area contributed by atoms with E-state index in [0.717, 1.165) is 4.88 Å². The summed E-state index contributed by atoms with van der Waals surface area (Å²) in [6, 6.07) is 3.80. The van der Waals surface area contributed by atoms with E-state index in [1.54, 1.807) is 11.3 Å². The molecule has 0 atom stereocenters. The highest BCUT2D eigenvalue weighted by Gasteiger charge is 1.75. The zero-order valence-electron chi connectivity index (χ0n) is 3.27. The number of hydrogen-bond acceptors (Lipinski definition) is 1. The summed E-state index contributed by atoms with van der Waals surface area (Å²) in [6.07, 6.45) is 0. The average Bonchev–Trinajstić information content (AvgIpc) is 1.86. The fourth-order valence-electron chi connectivity index (χ4n) is 0.271. The minimum Gasteiger partial charge on any atom is -0.139 e. The van der Waals surface area contributed by atoms with Gasteiger partial charge in [-0.25, -0.2) is 0 Å². The Kier molecular flexibility index (Phi) is 0.926. The molecule has 1 rings (SSSR count). The first-order chi connectivity index (χ1) is 2.89. The van der Waals surface area contributed by atoms with Gasteiger partial charge in [0, 0.05) is 10.3 Å². The molecule has 0 nitrogen and oxygen atoms in total. The van der Waals surface area contributed by atoms with E-state index in [1.807, 2.05) is 12.1 Å². The maximum absolute atomic E-state index is 3.67. The number of thiophene rings is 1. The van der Waals surface area contributed by atoms with Gasteiger partial charge in [0.1, 0.15) is 0 Å². The van der Waals surface area contributed by atoms with E-state index >= 15 is 0 Å². The third-order valence-corrected chi connectivity index (χ3v) is 1.18. The predicted octanol–water partition coefficient (Wildman–Crippen LogP) is 1.73. The van der Waals surface area contributed by atoms with Gasteiger partial charge in [0.2, 0.25) is 0 Å². The Labute approximate surface area is 41.4 Å². The highest BCUT2D eigenvalue weighted by Crippen LogP contribution is 2.02. The first kappa shape index (κ1) is 3.88. The van der Waals surface area contributed by atoms with Gasteiger partial charge in [-0.05, 0) is 19.1 Å². The SMILES string of the molecule is [CH2]c1cc[c]s1. The van der Waals surface area contributed by atoms with Crippen molar-refractivity contribution in [2.75, 3.05) is 0 Å². The van der Waals surface area contributed by atoms with Crippen molar-refractivity contribution < 1.29 is 0 Å². The van der Waals surface area contributed by atoms with Crippen LogP contribution in [0, 0.1) is 12.3 Å². The minimum absolute atomic E-state index is 1.08. The van der Waals surface area contributed by atoms with Gasteiger partial charge in [-0.2, -0.15) is 0 Å². The predicted molar refractivity (Wildman–Crippen MR) is 27.6 cm³/mol. The van der Waals surface area contributed by atoms with Crippen molar-refractivity contribution in [3.8, 4) is 0 Å². The topological polar surface area (TPSA) is 0 Å². The second kappa shape index (κ2) is 1.43. The Morgan fingerprint density at radius 2 is 2.67 bits per heavy atom. The van der Waals surface area contributed by atoms with Crippen molar-refractivity contribution in [1.29, 1.82) is 0 Å². The molecule has 1 aromatic rings. The second-order valence-electron chi connectivity index (χ2n) is 1.02. The van der Waals surface area contributed by atoms with Gasteiger partial charge < -0.3 is 0 Å². The molecule has 0 aliphatic heterocycles. The van der Waals surface area contributed by atoms with Crippen molar-refractivity contribution in [2.24, 2.45) is 0 Å². The monoisotopic (exact) mass is 96.0 g/mol. The molecule has 0 spiro atoms. The Hall–Kier alpha value is -0.300. The zero-order valence-corrected chi connectivity index (χ0v) is 4.09. The molecule has 0 fully saturated rings. The van der Waals surface area contributed by atoms with Crippen LogP contribution in [-0.4, -0.2) is 0 Å². The number of hydrogen-bond donors (Lipinski definition) is 0. The molecular weight excluding hydrogens is 92.1 g/mol. The van der Waals surface area contributed by atoms with Crippen LogP contribution in [0.1, 0.15) is 4.88 Å². The minimum atomic E-state index is 1.08. The van der Waals surface area contributed by atoms with Crippen LogP contribution in [-0.2, 0) is 0 Å². The summed E-state index contributed by atoms with van der Waals surface area (Å²) in [5, 5.41) is 2.91. The first-order valence-electron chi connectivity index (χ1n) is 1.67. The summed E-state index contributed by atoms with van der Waals surface area (Å²) < 4.78 is 0. The molecule has 1 heterocycles. The van der Waals surface area contributed by atoms with Crippen LogP contribution in [0.4, 0.5) is 0 Å². The van der Waals surface area contributed by atoms with E-state index in [9.17, 15) is 0 Å². The molecule has 0 amide bonds. The fourth-order valence-corrected chi connectivity index (χ4v) is 0.694. The lowest BCUT2D eigenvalue weighted by molar-refractivity contribution is 1.88. The number of rotatable bonds is 0. The van der Waals surface area contributed by atoms with Gasteiger partial charge in [-0.1, -0.05) is 0 Å². The van der Waals surface area contributed by atoms with Crippen molar-refractivity contribution in [3.05, 3.63) is 29.3 Å². The first-order valence-corrected chi connectivity index (χ1v) is 2.49. The fraction of sp³-hybridized carbons (Fsp3) is 0. The Bertz CT molecular complexity index is 107. The quantitative estimate of drug-likeness (QED) is 0.461. The van der Waals surface area contributed by atoms with E-state index in [-0.39, 0.29) is 0 Å². The van der Waals surface area contributed by atoms with Crippen LogP contribution >= 0.6 is 11.3 Å². The third-order valence-electron chi connectivity index (χ3n) is 0.527. The summed E-state index contributed by atoms with van der Waals surface area (Å²) in [4.78, 5) is 1.08. The van der Waals surface area contributed by atoms with Crippen LogP contribution in [0.5, 0.6) is 0 Å². The van der Waals surface area contributed by atoms with Gasteiger partial charge in [0.05, 0.1) is 0 Å². The molecule has 0 saturated carbocycles. The third kappa shape index (κ3) is 0.601. The van der Waals surface area contributed by atoms with E-state index in [1.165, 1.54) is 0 Å². The van der Waals surface area contributed by atoms with E-state index in [4.69, 9.17) is 0 Å². The van der Waals surface area contributed by atoms with Crippen LogP contribution in [0.25, 0.3) is 0 Å². The molecular formula is C5H4S. The molecule has 1 aromatic heterocycles. The Balaban J connectivity index is 3.05. The largest absolute Gasteiger partial charge is 0.139 e. The summed E-state index contributed by atoms with van der Waals surface area (Å²) in [7, 11) is 0.